The van der Waals surface area contributed by atoms with Crippen LogP contribution in [0.1, 0.15) is 12.5 Å². The largest absolute Gasteiger partial charge is 0.378 e. The summed E-state index contributed by atoms with van der Waals surface area (Å²) >= 11 is 0. The molecule has 0 bridgehead atoms. The quantitative estimate of drug-likeness (QED) is 0.467. The molecule has 2 heterocycles. The normalized spacial score (nSPS) is 14.3. The van der Waals surface area contributed by atoms with E-state index in [1.807, 2.05) is 73.7 Å². The van der Waals surface area contributed by atoms with E-state index < -0.39 is 0 Å². The summed E-state index contributed by atoms with van der Waals surface area (Å²) in [7, 11) is 0. The number of rotatable bonds is 4. The minimum atomic E-state index is -0.120. The molecule has 0 aliphatic carbocycles. The Labute approximate surface area is 187 Å². The van der Waals surface area contributed by atoms with Crippen molar-refractivity contribution in [3.05, 3.63) is 94.8 Å². The zero-order chi connectivity index (χ0) is 21.9. The van der Waals surface area contributed by atoms with Gasteiger partial charge in [0.1, 0.15) is 0 Å². The number of hydrogen-bond acceptors (Lipinski definition) is 4. The molecule has 0 spiro atoms. The molecule has 0 amide bonds. The Hall–Kier alpha value is -3.70. The molecule has 1 aliphatic rings. The van der Waals surface area contributed by atoms with Crippen molar-refractivity contribution in [3.63, 3.8) is 0 Å². The van der Waals surface area contributed by atoms with Crippen molar-refractivity contribution >= 4 is 22.5 Å². The number of nitrogens with zero attached hydrogens (tertiary/aromatic N) is 3. The Morgan fingerprint density at radius 1 is 0.906 bits per heavy atom. The molecule has 5 heteroatoms. The van der Waals surface area contributed by atoms with Crippen molar-refractivity contribution in [2.24, 2.45) is 0 Å². The van der Waals surface area contributed by atoms with Crippen LogP contribution in [-0.4, -0.2) is 36.1 Å². The third-order valence-electron chi connectivity index (χ3n) is 5.82. The summed E-state index contributed by atoms with van der Waals surface area (Å²) in [6.45, 7) is 5.05. The van der Waals surface area contributed by atoms with Gasteiger partial charge in [-0.05, 0) is 25.1 Å². The van der Waals surface area contributed by atoms with Crippen LogP contribution in [0.2, 0.25) is 0 Å². The molecular formula is C27H25N3O2. The Bertz CT molecular complexity index is 1340. The van der Waals surface area contributed by atoms with E-state index in [9.17, 15) is 4.79 Å². The lowest BCUT2D eigenvalue weighted by Crippen LogP contribution is -2.36. The second-order valence-electron chi connectivity index (χ2n) is 7.82. The summed E-state index contributed by atoms with van der Waals surface area (Å²) in [5.74, 6) is 0. The molecule has 1 aromatic heterocycles. The van der Waals surface area contributed by atoms with Crippen molar-refractivity contribution in [3.8, 4) is 16.9 Å². The van der Waals surface area contributed by atoms with Crippen LogP contribution in [0.3, 0.4) is 0 Å². The minimum absolute atomic E-state index is 0.120. The summed E-state index contributed by atoms with van der Waals surface area (Å²) in [4.78, 5) is 15.9. The average Bonchev–Trinajstić information content (AvgIpc) is 2.86. The lowest BCUT2D eigenvalue weighted by atomic mass is 10.0. The van der Waals surface area contributed by atoms with Gasteiger partial charge in [0, 0.05) is 35.3 Å². The van der Waals surface area contributed by atoms with E-state index in [-0.39, 0.29) is 5.56 Å². The van der Waals surface area contributed by atoms with Crippen LogP contribution in [0.4, 0.5) is 5.69 Å². The molecule has 5 nitrogen and oxygen atoms in total. The second-order valence-corrected chi connectivity index (χ2v) is 7.82. The van der Waals surface area contributed by atoms with E-state index in [2.05, 4.69) is 23.1 Å². The van der Waals surface area contributed by atoms with Crippen LogP contribution in [0.5, 0.6) is 0 Å². The molecule has 4 aromatic rings. The highest BCUT2D eigenvalue weighted by molar-refractivity contribution is 5.94. The van der Waals surface area contributed by atoms with Gasteiger partial charge < -0.3 is 9.64 Å². The molecule has 32 heavy (non-hydrogen) atoms. The first-order valence-electron chi connectivity index (χ1n) is 10.9. The highest BCUT2D eigenvalue weighted by atomic mass is 16.5. The maximum atomic E-state index is 13.6. The number of morpholine rings is 1. The molecule has 1 aliphatic heterocycles. The first-order chi connectivity index (χ1) is 15.8. The van der Waals surface area contributed by atoms with E-state index in [4.69, 9.17) is 9.84 Å². The Balaban J connectivity index is 1.77. The fraction of sp³-hybridized carbons (Fsp3) is 0.185. The number of benzene rings is 3. The lowest BCUT2D eigenvalue weighted by Gasteiger charge is -2.29. The first-order valence-corrected chi connectivity index (χ1v) is 10.9. The maximum Gasteiger partial charge on any atom is 0.279 e. The third-order valence-corrected chi connectivity index (χ3v) is 5.82. The minimum Gasteiger partial charge on any atom is -0.378 e. The Morgan fingerprint density at radius 3 is 2.38 bits per heavy atom. The molecule has 1 fully saturated rings. The van der Waals surface area contributed by atoms with Gasteiger partial charge in [-0.2, -0.15) is 9.78 Å². The van der Waals surface area contributed by atoms with E-state index in [0.717, 1.165) is 46.7 Å². The third kappa shape index (κ3) is 3.72. The summed E-state index contributed by atoms with van der Waals surface area (Å²) in [5.41, 5.74) is 4.46. The summed E-state index contributed by atoms with van der Waals surface area (Å²) < 4.78 is 7.07. The molecule has 5 rings (SSSR count). The molecule has 0 atom stereocenters. The molecule has 160 valence electrons. The lowest BCUT2D eigenvalue weighted by molar-refractivity contribution is 0.122. The van der Waals surface area contributed by atoms with Gasteiger partial charge in [-0.15, -0.1) is 0 Å². The van der Waals surface area contributed by atoms with Crippen molar-refractivity contribution in [1.82, 2.24) is 9.78 Å². The van der Waals surface area contributed by atoms with Crippen LogP contribution in [0, 0.1) is 0 Å². The van der Waals surface area contributed by atoms with E-state index in [1.54, 1.807) is 4.68 Å². The number of allylic oxidation sites excluding steroid dienone is 1. The zero-order valence-corrected chi connectivity index (χ0v) is 18.1. The molecule has 0 unspecified atom stereocenters. The van der Waals surface area contributed by atoms with Crippen molar-refractivity contribution in [2.45, 2.75) is 6.92 Å². The fourth-order valence-corrected chi connectivity index (χ4v) is 4.22. The van der Waals surface area contributed by atoms with Gasteiger partial charge in [0.2, 0.25) is 0 Å². The molecule has 0 radical (unpaired) electrons. The van der Waals surface area contributed by atoms with Crippen LogP contribution < -0.4 is 10.5 Å². The van der Waals surface area contributed by atoms with Gasteiger partial charge in [0.15, 0.2) is 0 Å². The number of ether oxygens (including phenoxy) is 1. The predicted octanol–water partition coefficient (Wildman–Crippen LogP) is 4.92. The summed E-state index contributed by atoms with van der Waals surface area (Å²) in [5, 5.41) is 6.41. The van der Waals surface area contributed by atoms with E-state index in [1.165, 1.54) is 0 Å². The number of aromatic nitrogens is 2. The molecular weight excluding hydrogens is 398 g/mol. The molecule has 0 N–H and O–H groups in total. The molecule has 3 aromatic carbocycles. The van der Waals surface area contributed by atoms with Gasteiger partial charge in [0.25, 0.3) is 5.56 Å². The van der Waals surface area contributed by atoms with E-state index >= 15 is 0 Å². The number of anilines is 1. The van der Waals surface area contributed by atoms with Crippen molar-refractivity contribution in [2.75, 3.05) is 31.2 Å². The van der Waals surface area contributed by atoms with Crippen molar-refractivity contribution in [1.29, 1.82) is 0 Å². The molecule has 0 saturated carbocycles. The van der Waals surface area contributed by atoms with Gasteiger partial charge in [0.05, 0.1) is 30.0 Å². The standard InChI is InChI=1S/C27H25N3O2/c1-2-8-20-13-14-22(29-15-17-32-18-16-29)19-25(20)30-27(31)24-12-7-6-11-23(24)26(28-30)21-9-4-3-5-10-21/h2-14,19H,15-18H2,1H3. The SMILES string of the molecule is CC=Cc1ccc(N2CCOCC2)cc1-n1nc(-c2ccccc2)c2ccccc2c1=O. The highest BCUT2D eigenvalue weighted by Crippen LogP contribution is 2.28. The van der Waals surface area contributed by atoms with Crippen LogP contribution in [0.15, 0.2) is 83.7 Å². The predicted molar refractivity (Wildman–Crippen MR) is 131 cm³/mol. The molecule has 1 saturated heterocycles. The Kier molecular flexibility index (Phi) is 5.57. The van der Waals surface area contributed by atoms with Gasteiger partial charge >= 0.3 is 0 Å². The smallest absolute Gasteiger partial charge is 0.279 e. The highest BCUT2D eigenvalue weighted by Gasteiger charge is 2.17. The number of hydrogen-bond donors (Lipinski definition) is 0. The van der Waals surface area contributed by atoms with Crippen LogP contribution in [0.25, 0.3) is 33.8 Å². The fourth-order valence-electron chi connectivity index (χ4n) is 4.22. The summed E-state index contributed by atoms with van der Waals surface area (Å²) in [6, 6.07) is 24.0. The average molecular weight is 424 g/mol. The van der Waals surface area contributed by atoms with Crippen LogP contribution >= 0.6 is 0 Å². The second kappa shape index (κ2) is 8.81. The number of fused-ring (bicyclic) bond motifs is 1. The Morgan fingerprint density at radius 2 is 1.62 bits per heavy atom. The van der Waals surface area contributed by atoms with Gasteiger partial charge in [-0.1, -0.05) is 66.7 Å². The van der Waals surface area contributed by atoms with Crippen LogP contribution in [-0.2, 0) is 4.74 Å². The topological polar surface area (TPSA) is 47.4 Å². The first kappa shape index (κ1) is 20.2. The maximum absolute atomic E-state index is 13.6. The monoisotopic (exact) mass is 423 g/mol. The van der Waals surface area contributed by atoms with Gasteiger partial charge in [-0.25, -0.2) is 0 Å². The zero-order valence-electron chi connectivity index (χ0n) is 18.1. The summed E-state index contributed by atoms with van der Waals surface area (Å²) in [6.07, 6.45) is 4.00. The van der Waals surface area contributed by atoms with Crippen molar-refractivity contribution < 1.29 is 4.74 Å². The van der Waals surface area contributed by atoms with Gasteiger partial charge in [-0.3, -0.25) is 4.79 Å². The van der Waals surface area contributed by atoms with E-state index in [0.29, 0.717) is 18.6 Å².